The van der Waals surface area contributed by atoms with Gasteiger partial charge >= 0.3 is 0 Å². The lowest BCUT2D eigenvalue weighted by atomic mass is 10.2. The van der Waals surface area contributed by atoms with Crippen molar-refractivity contribution >= 4 is 6.08 Å². The van der Waals surface area contributed by atoms with Crippen LogP contribution in [0.5, 0.6) is 11.5 Å². The summed E-state index contributed by atoms with van der Waals surface area (Å²) < 4.78 is 0. The summed E-state index contributed by atoms with van der Waals surface area (Å²) in [6.07, 6.45) is 1.46. The van der Waals surface area contributed by atoms with Crippen LogP contribution in [0.2, 0.25) is 0 Å². The molecule has 0 aliphatic heterocycles. The fourth-order valence-electron chi connectivity index (χ4n) is 0.692. The van der Waals surface area contributed by atoms with Crippen LogP contribution in [0.25, 0.3) is 6.08 Å². The van der Waals surface area contributed by atoms with Crippen LogP contribution in [0, 0.1) is 0 Å². The molecule has 51 valence electrons. The van der Waals surface area contributed by atoms with Gasteiger partial charge in [-0.25, -0.2) is 0 Å². The van der Waals surface area contributed by atoms with Gasteiger partial charge in [-0.05, 0) is 12.1 Å². The Hall–Kier alpha value is -1.44. The van der Waals surface area contributed by atoms with E-state index in [9.17, 15) is 5.11 Å². The highest BCUT2D eigenvalue weighted by molar-refractivity contribution is 5.56. The first-order valence-corrected chi connectivity index (χ1v) is 2.86. The fourth-order valence-corrected chi connectivity index (χ4v) is 0.692. The maximum atomic E-state index is 10.8. The van der Waals surface area contributed by atoms with Crippen molar-refractivity contribution in [2.24, 2.45) is 0 Å². The highest BCUT2D eigenvalue weighted by Gasteiger charge is 1.98. The van der Waals surface area contributed by atoms with Crippen LogP contribution in [0.15, 0.2) is 24.8 Å². The van der Waals surface area contributed by atoms with Crippen molar-refractivity contribution in [3.63, 3.8) is 0 Å². The number of phenols is 1. The number of hydrogen-bond acceptors (Lipinski definition) is 1. The molecule has 1 aromatic rings. The maximum Gasteiger partial charge on any atom is 0.189 e. The van der Waals surface area contributed by atoms with Crippen molar-refractivity contribution in [2.75, 3.05) is 0 Å². The molecule has 0 spiro atoms. The minimum atomic E-state index is -0.199. The Labute approximate surface area is 59.1 Å². The van der Waals surface area contributed by atoms with Gasteiger partial charge in [0, 0.05) is 11.6 Å². The molecule has 0 atom stereocenters. The van der Waals surface area contributed by atoms with Gasteiger partial charge in [0.05, 0.1) is 0 Å². The molecule has 1 aromatic carbocycles. The lowest BCUT2D eigenvalue weighted by Crippen LogP contribution is -1.70. The van der Waals surface area contributed by atoms with E-state index < -0.39 is 0 Å². The van der Waals surface area contributed by atoms with Crippen molar-refractivity contribution in [1.82, 2.24) is 0 Å². The Kier molecular flexibility index (Phi) is 1.63. The largest absolute Gasteiger partial charge is 0.508 e. The Bertz CT molecular complexity index is 253. The van der Waals surface area contributed by atoms with Gasteiger partial charge < -0.3 is 5.11 Å². The molecule has 1 radical (unpaired) electrons. The molecule has 10 heavy (non-hydrogen) atoms. The summed E-state index contributed by atoms with van der Waals surface area (Å²) in [6, 6.07) is 4.15. The van der Waals surface area contributed by atoms with Crippen LogP contribution in [-0.4, -0.2) is 5.11 Å². The van der Waals surface area contributed by atoms with E-state index in [0.29, 0.717) is 5.56 Å². The molecule has 0 aromatic heterocycles. The van der Waals surface area contributed by atoms with Gasteiger partial charge in [0.25, 0.3) is 0 Å². The van der Waals surface area contributed by atoms with Crippen LogP contribution in [-0.2, 0) is 5.11 Å². The molecule has 0 heterocycles. The topological polar surface area (TPSA) is 40.1 Å². The van der Waals surface area contributed by atoms with E-state index >= 15 is 0 Å². The van der Waals surface area contributed by atoms with Gasteiger partial charge in [0.2, 0.25) is 0 Å². The number of rotatable bonds is 1. The van der Waals surface area contributed by atoms with Crippen molar-refractivity contribution in [2.45, 2.75) is 0 Å². The molecule has 0 aliphatic carbocycles. The monoisotopic (exact) mass is 135 g/mol. The maximum absolute atomic E-state index is 10.8. The van der Waals surface area contributed by atoms with E-state index in [-0.39, 0.29) is 11.5 Å². The lowest BCUT2D eigenvalue weighted by molar-refractivity contribution is 0.350. The summed E-state index contributed by atoms with van der Waals surface area (Å²) in [7, 11) is 0. The van der Waals surface area contributed by atoms with Crippen LogP contribution in [0.4, 0.5) is 0 Å². The molecular weight excluding hydrogens is 128 g/mol. The average Bonchev–Trinajstić information content (AvgIpc) is 1.88. The summed E-state index contributed by atoms with van der Waals surface area (Å²) in [4.78, 5) is 0. The predicted molar refractivity (Wildman–Crippen MR) is 38.3 cm³/mol. The molecule has 0 amide bonds. The zero-order chi connectivity index (χ0) is 7.56. The molecule has 0 aliphatic rings. The molecule has 1 N–H and O–H groups in total. The van der Waals surface area contributed by atoms with E-state index in [4.69, 9.17) is 5.11 Å². The molecule has 2 heteroatoms. The minimum absolute atomic E-state index is 0.00407. The molecule has 0 saturated carbocycles. The van der Waals surface area contributed by atoms with E-state index in [2.05, 4.69) is 6.58 Å². The Morgan fingerprint density at radius 3 is 2.70 bits per heavy atom. The van der Waals surface area contributed by atoms with Gasteiger partial charge in [0.1, 0.15) is 5.75 Å². The first kappa shape index (κ1) is 6.68. The molecule has 0 fully saturated rings. The predicted octanol–water partition coefficient (Wildman–Crippen LogP) is 2.18. The third-order valence-electron chi connectivity index (χ3n) is 1.22. The number of aromatic hydroxyl groups is 1. The quantitative estimate of drug-likeness (QED) is 0.629. The number of benzene rings is 1. The van der Waals surface area contributed by atoms with Crippen LogP contribution in [0.1, 0.15) is 5.56 Å². The van der Waals surface area contributed by atoms with E-state index in [1.807, 2.05) is 0 Å². The van der Waals surface area contributed by atoms with Crippen molar-refractivity contribution in [3.8, 4) is 11.5 Å². The average molecular weight is 135 g/mol. The standard InChI is InChI=1S/C8H7O2/c1-2-6-3-4-7(9)5-8(6)10/h2-5,9H,1H2. The zero-order valence-electron chi connectivity index (χ0n) is 5.37. The smallest absolute Gasteiger partial charge is 0.189 e. The normalized spacial score (nSPS) is 9.20. The third kappa shape index (κ3) is 1.10. The molecule has 1 rings (SSSR count). The summed E-state index contributed by atoms with van der Waals surface area (Å²) in [5.41, 5.74) is 0.512. The fraction of sp³-hybridized carbons (Fsp3) is 0. The zero-order valence-corrected chi connectivity index (χ0v) is 5.37. The Morgan fingerprint density at radius 1 is 1.50 bits per heavy atom. The second kappa shape index (κ2) is 2.43. The van der Waals surface area contributed by atoms with E-state index in [0.717, 1.165) is 6.07 Å². The number of hydrogen-bond donors (Lipinski definition) is 1. The van der Waals surface area contributed by atoms with Gasteiger partial charge in [-0.2, -0.15) is 0 Å². The molecule has 2 nitrogen and oxygen atoms in total. The van der Waals surface area contributed by atoms with Gasteiger partial charge in [-0.15, -0.1) is 0 Å². The van der Waals surface area contributed by atoms with Crippen molar-refractivity contribution < 1.29 is 10.2 Å². The summed E-state index contributed by atoms with van der Waals surface area (Å²) in [6.45, 7) is 3.44. The summed E-state index contributed by atoms with van der Waals surface area (Å²) in [5.74, 6) is -0.203. The Morgan fingerprint density at radius 2 is 2.20 bits per heavy atom. The first-order valence-electron chi connectivity index (χ1n) is 2.86. The van der Waals surface area contributed by atoms with Crippen molar-refractivity contribution in [3.05, 3.63) is 30.3 Å². The van der Waals surface area contributed by atoms with Gasteiger partial charge in [0.15, 0.2) is 5.75 Å². The van der Waals surface area contributed by atoms with Crippen LogP contribution < -0.4 is 0 Å². The van der Waals surface area contributed by atoms with Gasteiger partial charge in [-0.1, -0.05) is 12.7 Å². The van der Waals surface area contributed by atoms with E-state index in [1.54, 1.807) is 0 Å². The number of phenolic OH excluding ortho intramolecular Hbond substituents is 1. The van der Waals surface area contributed by atoms with Crippen LogP contribution in [0.3, 0.4) is 0 Å². The van der Waals surface area contributed by atoms with Crippen LogP contribution >= 0.6 is 0 Å². The SMILES string of the molecule is C=Cc1ccc(O)cc1[O]. The molecular formula is C8H7O2. The minimum Gasteiger partial charge on any atom is -0.508 e. The second-order valence-electron chi connectivity index (χ2n) is 1.93. The highest BCUT2D eigenvalue weighted by Crippen LogP contribution is 2.23. The highest BCUT2D eigenvalue weighted by atomic mass is 16.3. The molecule has 0 bridgehead atoms. The first-order chi connectivity index (χ1) is 4.74. The summed E-state index contributed by atoms with van der Waals surface area (Å²) >= 11 is 0. The van der Waals surface area contributed by atoms with Crippen molar-refractivity contribution in [1.29, 1.82) is 0 Å². The molecule has 0 saturated heterocycles. The molecule has 0 unspecified atom stereocenters. The Balaban J connectivity index is 3.19. The van der Waals surface area contributed by atoms with E-state index in [1.165, 1.54) is 18.2 Å². The lowest BCUT2D eigenvalue weighted by Gasteiger charge is -1.94. The third-order valence-corrected chi connectivity index (χ3v) is 1.22. The van der Waals surface area contributed by atoms with Gasteiger partial charge in [-0.3, -0.25) is 5.11 Å². The summed E-state index contributed by atoms with van der Waals surface area (Å²) in [5, 5.41) is 19.6. The second-order valence-corrected chi connectivity index (χ2v) is 1.93.